The molecule has 0 N–H and O–H groups in total. The van der Waals surface area contributed by atoms with E-state index in [2.05, 4.69) is 51.4 Å². The number of thiol groups is 1. The van der Waals surface area contributed by atoms with Crippen molar-refractivity contribution in [2.75, 3.05) is 31.4 Å². The Bertz CT molecular complexity index is 390. The molecule has 0 unspecified atom stereocenters. The molecule has 0 bridgehead atoms. The van der Waals surface area contributed by atoms with Crippen molar-refractivity contribution in [1.82, 2.24) is 0 Å². The molecule has 0 fully saturated rings. The molecule has 0 aliphatic heterocycles. The van der Waals surface area contributed by atoms with Crippen LogP contribution in [0.25, 0.3) is 0 Å². The Labute approximate surface area is 110 Å². The molecule has 0 saturated heterocycles. The lowest BCUT2D eigenvalue weighted by Crippen LogP contribution is -2.20. The summed E-state index contributed by atoms with van der Waals surface area (Å²) in [6, 6.07) is 2.21. The first-order valence-corrected chi connectivity index (χ1v) is 6.63. The molecule has 1 aromatic rings. The van der Waals surface area contributed by atoms with E-state index in [1.54, 1.807) is 7.11 Å². The fourth-order valence-electron chi connectivity index (χ4n) is 2.18. The van der Waals surface area contributed by atoms with Crippen LogP contribution >= 0.6 is 12.6 Å². The highest BCUT2D eigenvalue weighted by Gasteiger charge is 2.12. The van der Waals surface area contributed by atoms with Gasteiger partial charge in [-0.1, -0.05) is 0 Å². The van der Waals surface area contributed by atoms with E-state index in [1.807, 2.05) is 0 Å². The van der Waals surface area contributed by atoms with Crippen molar-refractivity contribution in [1.29, 1.82) is 0 Å². The molecular formula is C14H23NOS. The molecule has 96 valence electrons. The number of rotatable bonds is 5. The van der Waals surface area contributed by atoms with Crippen molar-refractivity contribution >= 4 is 18.3 Å². The number of hydrogen-bond acceptors (Lipinski definition) is 3. The van der Waals surface area contributed by atoms with Gasteiger partial charge in [0.25, 0.3) is 0 Å². The van der Waals surface area contributed by atoms with Crippen LogP contribution in [-0.4, -0.2) is 26.5 Å². The first-order chi connectivity index (χ1) is 8.02. The predicted molar refractivity (Wildman–Crippen MR) is 78.9 cm³/mol. The third-order valence-corrected chi connectivity index (χ3v) is 3.58. The highest BCUT2D eigenvalue weighted by Crippen LogP contribution is 2.32. The second-order valence-electron chi connectivity index (χ2n) is 4.49. The fourth-order valence-corrected chi connectivity index (χ4v) is 2.32. The Morgan fingerprint density at radius 2 is 1.88 bits per heavy atom. The molecule has 0 spiro atoms. The maximum absolute atomic E-state index is 5.44. The van der Waals surface area contributed by atoms with E-state index in [4.69, 9.17) is 4.74 Å². The van der Waals surface area contributed by atoms with E-state index in [0.717, 1.165) is 24.5 Å². The summed E-state index contributed by atoms with van der Waals surface area (Å²) < 4.78 is 5.44. The SMILES string of the molecule is COc1c(C)cc(N(C)CCCS)c(C)c1C. The maximum Gasteiger partial charge on any atom is 0.125 e. The van der Waals surface area contributed by atoms with E-state index in [1.165, 1.54) is 22.4 Å². The summed E-state index contributed by atoms with van der Waals surface area (Å²) >= 11 is 4.26. The second-order valence-corrected chi connectivity index (χ2v) is 4.94. The summed E-state index contributed by atoms with van der Waals surface area (Å²) in [7, 11) is 3.87. The standard InChI is InChI=1S/C14H23NOS/c1-10-9-13(15(4)7-6-8-17)11(2)12(3)14(10)16-5/h9,17H,6-8H2,1-5H3. The van der Waals surface area contributed by atoms with Crippen LogP contribution in [0.2, 0.25) is 0 Å². The minimum atomic E-state index is 0.928. The molecule has 0 amide bonds. The monoisotopic (exact) mass is 253 g/mol. The van der Waals surface area contributed by atoms with Crippen LogP contribution in [0.3, 0.4) is 0 Å². The number of hydrogen-bond donors (Lipinski definition) is 1. The number of aryl methyl sites for hydroxylation is 1. The summed E-state index contributed by atoms with van der Waals surface area (Å²) in [6.07, 6.45) is 1.10. The zero-order valence-corrected chi connectivity index (χ0v) is 12.4. The van der Waals surface area contributed by atoms with Gasteiger partial charge in [-0.25, -0.2) is 0 Å². The number of nitrogens with zero attached hydrogens (tertiary/aromatic N) is 1. The minimum Gasteiger partial charge on any atom is -0.496 e. The van der Waals surface area contributed by atoms with Crippen molar-refractivity contribution in [2.45, 2.75) is 27.2 Å². The van der Waals surface area contributed by atoms with Crippen molar-refractivity contribution in [3.63, 3.8) is 0 Å². The molecule has 0 saturated carbocycles. The summed E-state index contributed by atoms with van der Waals surface area (Å²) in [4.78, 5) is 2.30. The molecule has 0 aromatic heterocycles. The lowest BCUT2D eigenvalue weighted by Gasteiger charge is -2.24. The van der Waals surface area contributed by atoms with E-state index < -0.39 is 0 Å². The van der Waals surface area contributed by atoms with Crippen LogP contribution in [-0.2, 0) is 0 Å². The number of methoxy groups -OCH3 is 1. The Morgan fingerprint density at radius 1 is 1.24 bits per heavy atom. The molecule has 17 heavy (non-hydrogen) atoms. The first-order valence-electron chi connectivity index (χ1n) is 5.99. The van der Waals surface area contributed by atoms with E-state index in [0.29, 0.717) is 0 Å². The van der Waals surface area contributed by atoms with Crippen molar-refractivity contribution in [3.05, 3.63) is 22.8 Å². The molecule has 3 heteroatoms. The lowest BCUT2D eigenvalue weighted by atomic mass is 10.0. The Morgan fingerprint density at radius 3 is 2.41 bits per heavy atom. The van der Waals surface area contributed by atoms with E-state index >= 15 is 0 Å². The van der Waals surface area contributed by atoms with Crippen molar-refractivity contribution < 1.29 is 4.74 Å². The zero-order chi connectivity index (χ0) is 13.0. The Hall–Kier alpha value is -0.830. The van der Waals surface area contributed by atoms with Gasteiger partial charge in [0.15, 0.2) is 0 Å². The number of anilines is 1. The number of benzene rings is 1. The Balaban J connectivity index is 3.09. The van der Waals surface area contributed by atoms with Crippen LogP contribution < -0.4 is 9.64 Å². The maximum atomic E-state index is 5.44. The van der Waals surface area contributed by atoms with E-state index in [9.17, 15) is 0 Å². The van der Waals surface area contributed by atoms with Crippen molar-refractivity contribution in [2.24, 2.45) is 0 Å². The molecule has 2 nitrogen and oxygen atoms in total. The molecular weight excluding hydrogens is 230 g/mol. The third-order valence-electron chi connectivity index (χ3n) is 3.27. The van der Waals surface area contributed by atoms with Crippen LogP contribution in [0.4, 0.5) is 5.69 Å². The largest absolute Gasteiger partial charge is 0.496 e. The lowest BCUT2D eigenvalue weighted by molar-refractivity contribution is 0.408. The highest BCUT2D eigenvalue weighted by atomic mass is 32.1. The molecule has 0 aliphatic carbocycles. The van der Waals surface area contributed by atoms with Gasteiger partial charge in [-0.3, -0.25) is 0 Å². The van der Waals surface area contributed by atoms with Gasteiger partial charge in [0.2, 0.25) is 0 Å². The fraction of sp³-hybridized carbons (Fsp3) is 0.571. The molecule has 1 aromatic carbocycles. The van der Waals surface area contributed by atoms with Crippen LogP contribution in [0, 0.1) is 20.8 Å². The topological polar surface area (TPSA) is 12.5 Å². The summed E-state index contributed by atoms with van der Waals surface area (Å²) in [5.74, 6) is 1.94. The van der Waals surface area contributed by atoms with Gasteiger partial charge in [0.05, 0.1) is 7.11 Å². The minimum absolute atomic E-state index is 0.928. The van der Waals surface area contributed by atoms with Gasteiger partial charge in [0, 0.05) is 19.3 Å². The summed E-state index contributed by atoms with van der Waals surface area (Å²) in [6.45, 7) is 7.41. The second kappa shape index (κ2) is 6.20. The van der Waals surface area contributed by atoms with Gasteiger partial charge in [-0.05, 0) is 55.7 Å². The molecule has 0 aliphatic rings. The van der Waals surface area contributed by atoms with Crippen LogP contribution in [0.1, 0.15) is 23.1 Å². The number of ether oxygens (including phenoxy) is 1. The average Bonchev–Trinajstić information content (AvgIpc) is 2.31. The van der Waals surface area contributed by atoms with Gasteiger partial charge >= 0.3 is 0 Å². The van der Waals surface area contributed by atoms with Crippen LogP contribution in [0.15, 0.2) is 6.07 Å². The average molecular weight is 253 g/mol. The van der Waals surface area contributed by atoms with Gasteiger partial charge in [0.1, 0.15) is 5.75 Å². The quantitative estimate of drug-likeness (QED) is 0.808. The smallest absolute Gasteiger partial charge is 0.125 e. The van der Waals surface area contributed by atoms with Gasteiger partial charge < -0.3 is 9.64 Å². The summed E-state index contributed by atoms with van der Waals surface area (Å²) in [5, 5.41) is 0. The molecule has 0 atom stereocenters. The third kappa shape index (κ3) is 3.09. The summed E-state index contributed by atoms with van der Waals surface area (Å²) in [5.41, 5.74) is 5.03. The van der Waals surface area contributed by atoms with E-state index in [-0.39, 0.29) is 0 Å². The van der Waals surface area contributed by atoms with Gasteiger partial charge in [-0.2, -0.15) is 12.6 Å². The molecule has 0 heterocycles. The van der Waals surface area contributed by atoms with Crippen LogP contribution in [0.5, 0.6) is 5.75 Å². The zero-order valence-electron chi connectivity index (χ0n) is 11.5. The Kier molecular flexibility index (Phi) is 5.19. The van der Waals surface area contributed by atoms with Gasteiger partial charge in [-0.15, -0.1) is 0 Å². The molecule has 1 rings (SSSR count). The predicted octanol–water partition coefficient (Wildman–Crippen LogP) is 3.38. The van der Waals surface area contributed by atoms with Crippen molar-refractivity contribution in [3.8, 4) is 5.75 Å². The normalized spacial score (nSPS) is 10.5. The highest BCUT2D eigenvalue weighted by molar-refractivity contribution is 7.80. The molecule has 0 radical (unpaired) electrons. The first kappa shape index (κ1) is 14.2.